The minimum Gasteiger partial charge on any atom is -0.389 e. The highest BCUT2D eigenvalue weighted by molar-refractivity contribution is 7.14. The van der Waals surface area contributed by atoms with Crippen LogP contribution in [0.25, 0.3) is 0 Å². The largest absolute Gasteiger partial charge is 0.389 e. The summed E-state index contributed by atoms with van der Waals surface area (Å²) < 4.78 is 12.9. The Kier molecular flexibility index (Phi) is 3.04. The van der Waals surface area contributed by atoms with E-state index < -0.39 is 0 Å². The number of halogens is 1. The van der Waals surface area contributed by atoms with Gasteiger partial charge >= 0.3 is 0 Å². The van der Waals surface area contributed by atoms with E-state index in [-0.39, 0.29) is 18.3 Å². The normalized spacial score (nSPS) is 14.6. The van der Waals surface area contributed by atoms with E-state index in [1.807, 2.05) is 0 Å². The number of anilines is 1. The van der Waals surface area contributed by atoms with Gasteiger partial charge in [0.05, 0.1) is 12.3 Å². The van der Waals surface area contributed by atoms with Crippen LogP contribution in [0.2, 0.25) is 0 Å². The molecule has 0 spiro atoms. The number of thiazole rings is 1. The van der Waals surface area contributed by atoms with Crippen LogP contribution in [0.15, 0.2) is 24.3 Å². The Morgan fingerprint density at radius 3 is 2.79 bits per heavy atom. The zero-order valence-corrected chi connectivity index (χ0v) is 10.8. The van der Waals surface area contributed by atoms with E-state index in [1.165, 1.54) is 23.5 Å². The standard InChI is InChI=1S/C13H11FN2O2S/c14-8-1-3-9(4-2-8)16-6-5-10-12(13(16)18)19-11(7-17)15-10/h1-4,17H,5-7H2. The monoisotopic (exact) mass is 278 g/mol. The van der Waals surface area contributed by atoms with Gasteiger partial charge in [-0.25, -0.2) is 9.37 Å². The number of aromatic nitrogens is 1. The van der Waals surface area contributed by atoms with E-state index in [9.17, 15) is 9.18 Å². The third-order valence-electron chi connectivity index (χ3n) is 3.03. The summed E-state index contributed by atoms with van der Waals surface area (Å²) in [4.78, 5) is 18.8. The Bertz CT molecular complexity index is 624. The molecule has 6 heteroatoms. The molecular weight excluding hydrogens is 267 g/mol. The van der Waals surface area contributed by atoms with Crippen molar-refractivity contribution in [2.75, 3.05) is 11.4 Å². The molecule has 1 aliphatic heterocycles. The number of aliphatic hydroxyl groups excluding tert-OH is 1. The molecule has 0 fully saturated rings. The quantitative estimate of drug-likeness (QED) is 0.914. The number of amides is 1. The van der Waals surface area contributed by atoms with Crippen molar-refractivity contribution in [1.29, 1.82) is 0 Å². The van der Waals surface area contributed by atoms with Crippen LogP contribution < -0.4 is 4.90 Å². The van der Waals surface area contributed by atoms with Crippen LogP contribution in [0.5, 0.6) is 0 Å². The lowest BCUT2D eigenvalue weighted by atomic mass is 10.1. The Morgan fingerprint density at radius 1 is 1.37 bits per heavy atom. The summed E-state index contributed by atoms with van der Waals surface area (Å²) >= 11 is 1.22. The van der Waals surface area contributed by atoms with Crippen molar-refractivity contribution >= 4 is 22.9 Å². The van der Waals surface area contributed by atoms with Crippen molar-refractivity contribution in [3.8, 4) is 0 Å². The van der Waals surface area contributed by atoms with Crippen molar-refractivity contribution in [3.63, 3.8) is 0 Å². The first kappa shape index (κ1) is 12.3. The lowest BCUT2D eigenvalue weighted by Gasteiger charge is -2.25. The van der Waals surface area contributed by atoms with E-state index in [0.717, 1.165) is 5.69 Å². The molecule has 0 unspecified atom stereocenters. The summed E-state index contributed by atoms with van der Waals surface area (Å²) in [5.41, 5.74) is 1.42. The van der Waals surface area contributed by atoms with Crippen molar-refractivity contribution in [2.24, 2.45) is 0 Å². The van der Waals surface area contributed by atoms with Crippen LogP contribution in [-0.4, -0.2) is 22.5 Å². The van der Waals surface area contributed by atoms with Gasteiger partial charge in [0.25, 0.3) is 5.91 Å². The molecule has 4 nitrogen and oxygen atoms in total. The molecule has 19 heavy (non-hydrogen) atoms. The van der Waals surface area contributed by atoms with Gasteiger partial charge in [0, 0.05) is 18.7 Å². The predicted octanol–water partition coefficient (Wildman–Crippen LogP) is 1.98. The second-order valence-corrected chi connectivity index (χ2v) is 5.31. The Hall–Kier alpha value is -1.79. The van der Waals surface area contributed by atoms with E-state index >= 15 is 0 Å². The summed E-state index contributed by atoms with van der Waals surface area (Å²) in [5.74, 6) is -0.459. The molecular formula is C13H11FN2O2S. The smallest absolute Gasteiger partial charge is 0.270 e. The van der Waals surface area contributed by atoms with Crippen LogP contribution in [0, 0.1) is 5.82 Å². The zero-order chi connectivity index (χ0) is 13.4. The molecule has 2 aromatic rings. The minimum atomic E-state index is -0.325. The molecule has 1 aliphatic rings. The number of carbonyl (C=O) groups is 1. The zero-order valence-electron chi connectivity index (χ0n) is 9.97. The molecule has 1 amide bonds. The van der Waals surface area contributed by atoms with Crippen LogP contribution in [0.1, 0.15) is 20.4 Å². The van der Waals surface area contributed by atoms with Crippen LogP contribution in [0.4, 0.5) is 10.1 Å². The Morgan fingerprint density at radius 2 is 2.11 bits per heavy atom. The summed E-state index contributed by atoms with van der Waals surface area (Å²) in [7, 11) is 0. The van der Waals surface area contributed by atoms with Crippen molar-refractivity contribution in [1.82, 2.24) is 4.98 Å². The van der Waals surface area contributed by atoms with Crippen molar-refractivity contribution in [2.45, 2.75) is 13.0 Å². The van der Waals surface area contributed by atoms with Crippen molar-refractivity contribution in [3.05, 3.63) is 45.7 Å². The Balaban J connectivity index is 1.94. The summed E-state index contributed by atoms with van der Waals surface area (Å²) in [6.45, 7) is 0.369. The summed E-state index contributed by atoms with van der Waals surface area (Å²) in [6.07, 6.45) is 0.648. The molecule has 0 radical (unpaired) electrons. The van der Waals surface area contributed by atoms with Gasteiger partial charge in [-0.15, -0.1) is 11.3 Å². The topological polar surface area (TPSA) is 53.4 Å². The molecule has 1 N–H and O–H groups in total. The second kappa shape index (κ2) is 4.71. The lowest BCUT2D eigenvalue weighted by molar-refractivity contribution is 0.0984. The number of carbonyl (C=O) groups excluding carboxylic acids is 1. The van der Waals surface area contributed by atoms with E-state index in [2.05, 4.69) is 4.98 Å². The Labute approximate surface area is 113 Å². The lowest BCUT2D eigenvalue weighted by Crippen LogP contribution is -2.36. The maximum Gasteiger partial charge on any atom is 0.270 e. The average molecular weight is 278 g/mol. The van der Waals surface area contributed by atoms with Gasteiger partial charge in [0.15, 0.2) is 0 Å². The van der Waals surface area contributed by atoms with Crippen LogP contribution >= 0.6 is 11.3 Å². The number of hydrogen-bond donors (Lipinski definition) is 1. The molecule has 0 bridgehead atoms. The number of aliphatic hydroxyl groups is 1. The van der Waals surface area contributed by atoms with Gasteiger partial charge in [-0.05, 0) is 24.3 Å². The first-order chi connectivity index (χ1) is 9.19. The van der Waals surface area contributed by atoms with Gasteiger partial charge in [-0.3, -0.25) is 4.79 Å². The highest BCUT2D eigenvalue weighted by atomic mass is 32.1. The number of benzene rings is 1. The first-order valence-corrected chi connectivity index (χ1v) is 6.67. The van der Waals surface area contributed by atoms with Crippen LogP contribution in [-0.2, 0) is 13.0 Å². The first-order valence-electron chi connectivity index (χ1n) is 5.86. The summed E-state index contributed by atoms with van der Waals surface area (Å²) in [5, 5.41) is 9.62. The number of hydrogen-bond acceptors (Lipinski definition) is 4. The second-order valence-electron chi connectivity index (χ2n) is 4.22. The fourth-order valence-corrected chi connectivity index (χ4v) is 3.03. The molecule has 0 saturated heterocycles. The molecule has 0 aliphatic carbocycles. The minimum absolute atomic E-state index is 0.134. The fraction of sp³-hybridized carbons (Fsp3) is 0.231. The van der Waals surface area contributed by atoms with Crippen molar-refractivity contribution < 1.29 is 14.3 Å². The SMILES string of the molecule is O=C1c2sc(CO)nc2CCN1c1ccc(F)cc1. The van der Waals surface area contributed by atoms with Crippen LogP contribution in [0.3, 0.4) is 0 Å². The third-order valence-corrected chi connectivity index (χ3v) is 4.10. The van der Waals surface area contributed by atoms with E-state index in [0.29, 0.717) is 28.5 Å². The molecule has 2 heterocycles. The number of rotatable bonds is 2. The molecule has 1 aromatic carbocycles. The van der Waals surface area contributed by atoms with Gasteiger partial charge in [-0.1, -0.05) is 0 Å². The van der Waals surface area contributed by atoms with E-state index in [4.69, 9.17) is 5.11 Å². The highest BCUT2D eigenvalue weighted by Crippen LogP contribution is 2.28. The predicted molar refractivity (Wildman–Crippen MR) is 69.8 cm³/mol. The average Bonchev–Trinajstić information content (AvgIpc) is 2.85. The number of nitrogens with zero attached hydrogens (tertiary/aromatic N) is 2. The van der Waals surface area contributed by atoms with Gasteiger partial charge in [0.2, 0.25) is 0 Å². The fourth-order valence-electron chi connectivity index (χ4n) is 2.11. The maximum absolute atomic E-state index is 12.9. The van der Waals surface area contributed by atoms with Gasteiger partial charge in [-0.2, -0.15) is 0 Å². The molecule has 0 atom stereocenters. The van der Waals surface area contributed by atoms with Gasteiger partial charge < -0.3 is 10.0 Å². The molecule has 98 valence electrons. The number of fused-ring (bicyclic) bond motifs is 1. The highest BCUT2D eigenvalue weighted by Gasteiger charge is 2.29. The molecule has 0 saturated carbocycles. The van der Waals surface area contributed by atoms with Gasteiger partial charge in [0.1, 0.15) is 15.7 Å². The summed E-state index contributed by atoms with van der Waals surface area (Å²) in [6, 6.07) is 5.85. The maximum atomic E-state index is 12.9. The molecule has 1 aromatic heterocycles. The third kappa shape index (κ3) is 2.13. The van der Waals surface area contributed by atoms with E-state index in [1.54, 1.807) is 17.0 Å². The molecule has 3 rings (SSSR count).